The fraction of sp³-hybridized carbons (Fsp3) is 0.500. The van der Waals surface area contributed by atoms with E-state index in [0.717, 1.165) is 29.5 Å². The number of nitrogens with zero attached hydrogens (tertiary/aromatic N) is 4. The zero-order valence-corrected chi connectivity index (χ0v) is 11.3. The molecule has 1 aliphatic rings. The molecular formula is C14H18N4O. The van der Waals surface area contributed by atoms with Gasteiger partial charge in [0.2, 0.25) is 5.91 Å². The standard InChI is InChI=1S/C14H18N4O/c1-10(19)17(2)9-13-16-12-4-3-7-15-14(12)18(13)8-11-5-6-11/h3-4,7,11H,5-6,8-9H2,1-2H3. The lowest BCUT2D eigenvalue weighted by Gasteiger charge is -2.15. The summed E-state index contributed by atoms with van der Waals surface area (Å²) in [6, 6.07) is 3.87. The molecule has 100 valence electrons. The van der Waals surface area contributed by atoms with Crippen molar-refractivity contribution in [1.82, 2.24) is 19.4 Å². The lowest BCUT2D eigenvalue weighted by Crippen LogP contribution is -2.25. The first-order valence-electron chi connectivity index (χ1n) is 6.67. The van der Waals surface area contributed by atoms with E-state index in [4.69, 9.17) is 0 Å². The Morgan fingerprint density at radius 1 is 1.53 bits per heavy atom. The van der Waals surface area contributed by atoms with Gasteiger partial charge in [-0.15, -0.1) is 0 Å². The summed E-state index contributed by atoms with van der Waals surface area (Å²) < 4.78 is 2.17. The lowest BCUT2D eigenvalue weighted by atomic mass is 10.4. The molecule has 0 aromatic carbocycles. The minimum absolute atomic E-state index is 0.0537. The maximum Gasteiger partial charge on any atom is 0.219 e. The third-order valence-corrected chi connectivity index (χ3v) is 3.64. The highest BCUT2D eigenvalue weighted by atomic mass is 16.2. The Morgan fingerprint density at radius 2 is 2.32 bits per heavy atom. The van der Waals surface area contributed by atoms with Gasteiger partial charge in [0.15, 0.2) is 5.65 Å². The Kier molecular flexibility index (Phi) is 2.97. The molecule has 1 aliphatic carbocycles. The van der Waals surface area contributed by atoms with E-state index in [0.29, 0.717) is 6.54 Å². The normalized spacial score (nSPS) is 14.8. The van der Waals surface area contributed by atoms with Crippen molar-refractivity contribution in [1.29, 1.82) is 0 Å². The molecule has 2 aromatic rings. The molecule has 0 spiro atoms. The van der Waals surface area contributed by atoms with Crippen LogP contribution in [-0.4, -0.2) is 32.4 Å². The summed E-state index contributed by atoms with van der Waals surface area (Å²) in [6.07, 6.45) is 4.37. The van der Waals surface area contributed by atoms with Crippen molar-refractivity contribution in [2.75, 3.05) is 7.05 Å². The topological polar surface area (TPSA) is 51.0 Å². The molecule has 1 amide bonds. The molecule has 0 atom stereocenters. The summed E-state index contributed by atoms with van der Waals surface area (Å²) in [7, 11) is 1.80. The van der Waals surface area contributed by atoms with Crippen LogP contribution >= 0.6 is 0 Å². The molecule has 3 rings (SSSR count). The molecule has 1 fully saturated rings. The van der Waals surface area contributed by atoms with Crippen LogP contribution in [0.3, 0.4) is 0 Å². The summed E-state index contributed by atoms with van der Waals surface area (Å²) in [5, 5.41) is 0. The van der Waals surface area contributed by atoms with Crippen LogP contribution in [0.25, 0.3) is 11.2 Å². The van der Waals surface area contributed by atoms with Crippen molar-refractivity contribution in [2.45, 2.75) is 32.9 Å². The van der Waals surface area contributed by atoms with Crippen molar-refractivity contribution in [3.63, 3.8) is 0 Å². The fourth-order valence-electron chi connectivity index (χ4n) is 2.20. The zero-order chi connectivity index (χ0) is 13.4. The Hall–Kier alpha value is -1.91. The number of amides is 1. The summed E-state index contributed by atoms with van der Waals surface area (Å²) >= 11 is 0. The van der Waals surface area contributed by atoms with Crippen molar-refractivity contribution in [3.8, 4) is 0 Å². The van der Waals surface area contributed by atoms with E-state index in [-0.39, 0.29) is 5.91 Å². The molecule has 2 heterocycles. The fourth-order valence-corrected chi connectivity index (χ4v) is 2.20. The maximum absolute atomic E-state index is 11.4. The van der Waals surface area contributed by atoms with Crippen molar-refractivity contribution < 1.29 is 4.79 Å². The average Bonchev–Trinajstić information content (AvgIpc) is 3.13. The highest BCUT2D eigenvalue weighted by Crippen LogP contribution is 2.32. The van der Waals surface area contributed by atoms with Gasteiger partial charge in [0.1, 0.15) is 11.3 Å². The Bertz CT molecular complexity index is 615. The number of pyridine rings is 1. The number of aromatic nitrogens is 3. The quantitative estimate of drug-likeness (QED) is 0.840. The lowest BCUT2D eigenvalue weighted by molar-refractivity contribution is -0.128. The van der Waals surface area contributed by atoms with Gasteiger partial charge in [0.05, 0.1) is 6.54 Å². The molecule has 0 aliphatic heterocycles. The summed E-state index contributed by atoms with van der Waals surface area (Å²) in [5.74, 6) is 1.73. The number of rotatable bonds is 4. The van der Waals surface area contributed by atoms with Crippen LogP contribution in [0.5, 0.6) is 0 Å². The third kappa shape index (κ3) is 2.45. The van der Waals surface area contributed by atoms with Gasteiger partial charge >= 0.3 is 0 Å². The monoisotopic (exact) mass is 258 g/mol. The number of imidazole rings is 1. The van der Waals surface area contributed by atoms with Gasteiger partial charge in [-0.1, -0.05) is 0 Å². The molecule has 1 saturated carbocycles. The predicted octanol–water partition coefficient (Wildman–Crippen LogP) is 1.82. The van der Waals surface area contributed by atoms with Crippen LogP contribution in [0, 0.1) is 5.92 Å². The molecular weight excluding hydrogens is 240 g/mol. The van der Waals surface area contributed by atoms with Crippen molar-refractivity contribution in [3.05, 3.63) is 24.2 Å². The molecule has 0 unspecified atom stereocenters. The molecule has 0 bridgehead atoms. The van der Waals surface area contributed by atoms with Gasteiger partial charge in [-0.05, 0) is 30.9 Å². The Balaban J connectivity index is 1.98. The average molecular weight is 258 g/mol. The number of hydrogen-bond donors (Lipinski definition) is 0. The largest absolute Gasteiger partial charge is 0.339 e. The predicted molar refractivity (Wildman–Crippen MR) is 72.4 cm³/mol. The van der Waals surface area contributed by atoms with Gasteiger partial charge in [-0.3, -0.25) is 4.79 Å². The second-order valence-electron chi connectivity index (χ2n) is 5.30. The molecule has 0 N–H and O–H groups in total. The minimum Gasteiger partial charge on any atom is -0.339 e. The molecule has 5 heteroatoms. The molecule has 19 heavy (non-hydrogen) atoms. The van der Waals surface area contributed by atoms with Gasteiger partial charge < -0.3 is 9.47 Å². The van der Waals surface area contributed by atoms with Gasteiger partial charge in [0.25, 0.3) is 0 Å². The number of hydrogen-bond acceptors (Lipinski definition) is 3. The van der Waals surface area contributed by atoms with Crippen molar-refractivity contribution in [2.24, 2.45) is 5.92 Å². The maximum atomic E-state index is 11.4. The molecule has 5 nitrogen and oxygen atoms in total. The van der Waals surface area contributed by atoms with Crippen LogP contribution in [-0.2, 0) is 17.9 Å². The number of carbonyl (C=O) groups excluding carboxylic acids is 1. The first kappa shape index (κ1) is 12.1. The summed E-state index contributed by atoms with van der Waals surface area (Å²) in [6.45, 7) is 3.08. The third-order valence-electron chi connectivity index (χ3n) is 3.64. The van der Waals surface area contributed by atoms with Gasteiger partial charge in [-0.25, -0.2) is 9.97 Å². The molecule has 0 radical (unpaired) electrons. The van der Waals surface area contributed by atoms with Crippen LogP contribution < -0.4 is 0 Å². The van der Waals surface area contributed by atoms with E-state index in [1.165, 1.54) is 12.8 Å². The van der Waals surface area contributed by atoms with Gasteiger partial charge in [-0.2, -0.15) is 0 Å². The van der Waals surface area contributed by atoms with E-state index in [1.807, 2.05) is 12.1 Å². The van der Waals surface area contributed by atoms with E-state index in [9.17, 15) is 4.79 Å². The zero-order valence-electron chi connectivity index (χ0n) is 11.3. The summed E-state index contributed by atoms with van der Waals surface area (Å²) in [5.41, 5.74) is 1.84. The smallest absolute Gasteiger partial charge is 0.219 e. The van der Waals surface area contributed by atoms with Gasteiger partial charge in [0, 0.05) is 26.7 Å². The first-order valence-corrected chi connectivity index (χ1v) is 6.67. The number of fused-ring (bicyclic) bond motifs is 1. The Labute approximate surface area is 112 Å². The van der Waals surface area contributed by atoms with E-state index in [1.54, 1.807) is 25.1 Å². The Morgan fingerprint density at radius 3 is 3.00 bits per heavy atom. The summed E-state index contributed by atoms with van der Waals surface area (Å²) in [4.78, 5) is 22.1. The second kappa shape index (κ2) is 4.64. The minimum atomic E-state index is 0.0537. The van der Waals surface area contributed by atoms with Crippen LogP contribution in [0.4, 0.5) is 0 Å². The molecule has 2 aromatic heterocycles. The highest BCUT2D eigenvalue weighted by Gasteiger charge is 2.25. The van der Waals surface area contributed by atoms with E-state index in [2.05, 4.69) is 14.5 Å². The first-order chi connectivity index (χ1) is 9.15. The van der Waals surface area contributed by atoms with Crippen molar-refractivity contribution >= 4 is 17.1 Å². The van der Waals surface area contributed by atoms with E-state index < -0.39 is 0 Å². The van der Waals surface area contributed by atoms with Crippen LogP contribution in [0.1, 0.15) is 25.6 Å². The molecule has 0 saturated heterocycles. The highest BCUT2D eigenvalue weighted by molar-refractivity contribution is 5.73. The second-order valence-corrected chi connectivity index (χ2v) is 5.30. The van der Waals surface area contributed by atoms with Crippen LogP contribution in [0.2, 0.25) is 0 Å². The number of carbonyl (C=O) groups is 1. The van der Waals surface area contributed by atoms with E-state index >= 15 is 0 Å². The van der Waals surface area contributed by atoms with Crippen LogP contribution in [0.15, 0.2) is 18.3 Å². The SMILES string of the molecule is CC(=O)N(C)Cc1nc2cccnc2n1CC1CC1.